The maximum absolute atomic E-state index is 11.8. The van der Waals surface area contributed by atoms with E-state index in [0.717, 1.165) is 10.6 Å². The summed E-state index contributed by atoms with van der Waals surface area (Å²) in [5, 5.41) is 9.47. The molecule has 0 fully saturated rings. The number of aromatic nitrogens is 1. The van der Waals surface area contributed by atoms with Crippen LogP contribution in [0.1, 0.15) is 23.4 Å². The van der Waals surface area contributed by atoms with Crippen molar-refractivity contribution in [3.8, 4) is 0 Å². The number of carbonyl (C=O) groups excluding carboxylic acids is 1. The summed E-state index contributed by atoms with van der Waals surface area (Å²) in [5.41, 5.74) is 1.12. The first-order valence-corrected chi connectivity index (χ1v) is 9.10. The fourth-order valence-corrected chi connectivity index (χ4v) is 2.76. The molecule has 1 unspecified atom stereocenters. The molecule has 2 N–H and O–H groups in total. The highest BCUT2D eigenvalue weighted by Gasteiger charge is 2.10. The summed E-state index contributed by atoms with van der Waals surface area (Å²) in [6.45, 7) is 3.58. The first kappa shape index (κ1) is 18.9. The summed E-state index contributed by atoms with van der Waals surface area (Å²) < 4.78 is 0. The zero-order chi connectivity index (χ0) is 18.1. The van der Waals surface area contributed by atoms with Gasteiger partial charge in [-0.05, 0) is 5.56 Å². The van der Waals surface area contributed by atoms with E-state index in [1.165, 1.54) is 0 Å². The van der Waals surface area contributed by atoms with Crippen LogP contribution in [0.4, 0.5) is 0 Å². The fraction of sp³-hybridized carbons (Fsp3) is 0.389. The van der Waals surface area contributed by atoms with Crippen LogP contribution in [0.2, 0.25) is 0 Å². The van der Waals surface area contributed by atoms with Gasteiger partial charge in [-0.3, -0.25) is 4.79 Å². The van der Waals surface area contributed by atoms with Crippen LogP contribution < -0.4 is 10.6 Å². The second-order valence-corrected chi connectivity index (χ2v) is 6.87. The highest BCUT2D eigenvalue weighted by Crippen LogP contribution is 2.16. The molecular weight excluding hydrogens is 334 g/mol. The van der Waals surface area contributed by atoms with Crippen LogP contribution in [0.15, 0.2) is 46.9 Å². The number of benzene rings is 1. The van der Waals surface area contributed by atoms with E-state index in [-0.39, 0.29) is 18.4 Å². The summed E-state index contributed by atoms with van der Waals surface area (Å²) in [4.78, 5) is 22.3. The Morgan fingerprint density at radius 1 is 1.28 bits per heavy atom. The van der Waals surface area contributed by atoms with Crippen LogP contribution >= 0.6 is 11.3 Å². The minimum absolute atomic E-state index is 0.00202. The summed E-state index contributed by atoms with van der Waals surface area (Å²) in [7, 11) is 3.48. The topological polar surface area (TPSA) is 69.6 Å². The van der Waals surface area contributed by atoms with Gasteiger partial charge >= 0.3 is 0 Å². The van der Waals surface area contributed by atoms with Crippen LogP contribution in [0.5, 0.6) is 0 Å². The zero-order valence-corrected chi connectivity index (χ0v) is 15.7. The van der Waals surface area contributed by atoms with Crippen molar-refractivity contribution >= 4 is 23.2 Å². The van der Waals surface area contributed by atoms with Gasteiger partial charge in [-0.2, -0.15) is 0 Å². The van der Waals surface area contributed by atoms with Crippen molar-refractivity contribution in [2.75, 3.05) is 27.2 Å². The third kappa shape index (κ3) is 6.54. The van der Waals surface area contributed by atoms with E-state index in [2.05, 4.69) is 27.5 Å². The molecule has 2 rings (SSSR count). The maximum Gasteiger partial charge on any atom is 0.241 e. The highest BCUT2D eigenvalue weighted by atomic mass is 32.1. The summed E-state index contributed by atoms with van der Waals surface area (Å²) >= 11 is 1.64. The van der Waals surface area contributed by atoms with E-state index < -0.39 is 0 Å². The number of amides is 1. The second-order valence-electron chi connectivity index (χ2n) is 5.94. The lowest BCUT2D eigenvalue weighted by molar-refractivity contribution is -0.127. The molecule has 0 bridgehead atoms. The molecule has 0 aliphatic carbocycles. The second kappa shape index (κ2) is 9.78. The normalized spacial score (nSPS) is 12.5. The van der Waals surface area contributed by atoms with Crippen molar-refractivity contribution in [3.05, 3.63) is 52.5 Å². The molecular formula is C18H25N5OS. The summed E-state index contributed by atoms with van der Waals surface area (Å²) in [6, 6.07) is 10.0. The quantitative estimate of drug-likeness (QED) is 0.587. The average Bonchev–Trinajstić information content (AvgIpc) is 3.16. The molecule has 0 saturated heterocycles. The van der Waals surface area contributed by atoms with Crippen molar-refractivity contribution in [3.63, 3.8) is 0 Å². The molecule has 134 valence electrons. The van der Waals surface area contributed by atoms with Gasteiger partial charge in [0, 0.05) is 38.1 Å². The minimum Gasteiger partial charge on any atom is -0.356 e. The predicted molar refractivity (Wildman–Crippen MR) is 103 cm³/mol. The van der Waals surface area contributed by atoms with E-state index in [9.17, 15) is 4.79 Å². The van der Waals surface area contributed by atoms with Gasteiger partial charge in [0.15, 0.2) is 5.96 Å². The monoisotopic (exact) mass is 359 g/mol. The minimum atomic E-state index is 0.00202. The summed E-state index contributed by atoms with van der Waals surface area (Å²) in [6.07, 6.45) is 1.81. The number of hydrogen-bond donors (Lipinski definition) is 2. The lowest BCUT2D eigenvalue weighted by Crippen LogP contribution is -2.43. The van der Waals surface area contributed by atoms with Crippen LogP contribution in [0, 0.1) is 0 Å². The van der Waals surface area contributed by atoms with E-state index in [1.54, 1.807) is 30.3 Å². The molecule has 1 atom stereocenters. The number of nitrogens with zero attached hydrogens (tertiary/aromatic N) is 3. The number of likely N-dealkylation sites (N-methyl/N-ethyl adjacent to an activating group) is 1. The fourth-order valence-electron chi connectivity index (χ4n) is 2.06. The number of hydrogen-bond acceptors (Lipinski definition) is 4. The third-order valence-electron chi connectivity index (χ3n) is 3.62. The molecule has 1 heterocycles. The molecule has 1 aromatic carbocycles. The molecule has 0 saturated carbocycles. The Bertz CT molecular complexity index is 670. The Balaban J connectivity index is 1.96. The number of rotatable bonds is 7. The van der Waals surface area contributed by atoms with Crippen molar-refractivity contribution < 1.29 is 4.79 Å². The molecule has 0 radical (unpaired) electrons. The van der Waals surface area contributed by atoms with E-state index in [4.69, 9.17) is 0 Å². The number of aliphatic imine (C=N–C) groups is 1. The van der Waals surface area contributed by atoms with Gasteiger partial charge in [-0.25, -0.2) is 9.98 Å². The van der Waals surface area contributed by atoms with Gasteiger partial charge in [0.2, 0.25) is 5.91 Å². The highest BCUT2D eigenvalue weighted by molar-refractivity contribution is 7.09. The van der Waals surface area contributed by atoms with Gasteiger partial charge in [0.05, 0.1) is 18.1 Å². The molecule has 2 aromatic rings. The molecule has 7 heteroatoms. The van der Waals surface area contributed by atoms with Gasteiger partial charge in [0.25, 0.3) is 0 Å². The molecule has 6 nitrogen and oxygen atoms in total. The van der Waals surface area contributed by atoms with Crippen LogP contribution in [-0.2, 0) is 11.3 Å². The molecule has 1 aromatic heterocycles. The lowest BCUT2D eigenvalue weighted by Gasteiger charge is -2.16. The largest absolute Gasteiger partial charge is 0.356 e. The average molecular weight is 359 g/mol. The van der Waals surface area contributed by atoms with Crippen LogP contribution in [0.3, 0.4) is 0 Å². The number of nitrogens with one attached hydrogen (secondary N) is 2. The van der Waals surface area contributed by atoms with Gasteiger partial charge < -0.3 is 15.5 Å². The summed E-state index contributed by atoms with van der Waals surface area (Å²) in [5.74, 6) is 0.901. The van der Waals surface area contributed by atoms with E-state index >= 15 is 0 Å². The number of guanidine groups is 1. The van der Waals surface area contributed by atoms with Crippen molar-refractivity contribution in [1.82, 2.24) is 20.5 Å². The Morgan fingerprint density at radius 3 is 2.68 bits per heavy atom. The predicted octanol–water partition coefficient (Wildman–Crippen LogP) is 2.07. The van der Waals surface area contributed by atoms with Gasteiger partial charge in [-0.15, -0.1) is 11.3 Å². The first-order valence-electron chi connectivity index (χ1n) is 8.22. The standard InChI is InChI=1S/C18H25N5OS/c1-14(17-19-9-10-25-17)11-20-18(22-13-16(24)23(2)3)21-12-15-7-5-4-6-8-15/h4-10,14H,11-13H2,1-3H3,(H2,20,21,22). The van der Waals surface area contributed by atoms with Crippen molar-refractivity contribution in [1.29, 1.82) is 0 Å². The number of carbonyl (C=O) groups is 1. The molecule has 1 amide bonds. The molecule has 0 aliphatic rings. The SMILES string of the molecule is CC(CNC(=NCc1ccccc1)NCC(=O)N(C)C)c1nccs1. The van der Waals surface area contributed by atoms with Crippen LogP contribution in [-0.4, -0.2) is 48.9 Å². The smallest absolute Gasteiger partial charge is 0.241 e. The molecule has 0 aliphatic heterocycles. The molecule has 0 spiro atoms. The van der Waals surface area contributed by atoms with Gasteiger partial charge in [0.1, 0.15) is 0 Å². The number of thiazole rings is 1. The first-order chi connectivity index (χ1) is 12.1. The van der Waals surface area contributed by atoms with Gasteiger partial charge in [-0.1, -0.05) is 37.3 Å². The lowest BCUT2D eigenvalue weighted by atomic mass is 10.2. The maximum atomic E-state index is 11.8. The Kier molecular flexibility index (Phi) is 7.40. The van der Waals surface area contributed by atoms with E-state index in [1.807, 2.05) is 41.9 Å². The third-order valence-corrected chi connectivity index (χ3v) is 4.62. The molecule has 25 heavy (non-hydrogen) atoms. The Labute approximate surface area is 153 Å². The van der Waals surface area contributed by atoms with Crippen molar-refractivity contribution in [2.24, 2.45) is 4.99 Å². The van der Waals surface area contributed by atoms with E-state index in [0.29, 0.717) is 19.0 Å². The Morgan fingerprint density at radius 2 is 2.04 bits per heavy atom. The Hall–Kier alpha value is -2.41. The van der Waals surface area contributed by atoms with Crippen LogP contribution in [0.25, 0.3) is 0 Å². The van der Waals surface area contributed by atoms with Crippen molar-refractivity contribution in [2.45, 2.75) is 19.4 Å². The zero-order valence-electron chi connectivity index (χ0n) is 14.9.